The normalized spacial score (nSPS) is 39.2. The molecule has 1 saturated heterocycles. The lowest BCUT2D eigenvalue weighted by atomic mass is 9.63. The molecule has 10 atom stereocenters. The summed E-state index contributed by atoms with van der Waals surface area (Å²) < 4.78 is 10.7. The van der Waals surface area contributed by atoms with Crippen molar-refractivity contribution in [3.63, 3.8) is 0 Å². The topological polar surface area (TPSA) is 180 Å². The lowest BCUT2D eigenvalue weighted by Gasteiger charge is -2.47. The van der Waals surface area contributed by atoms with Crippen molar-refractivity contribution in [1.82, 2.24) is 0 Å². The van der Waals surface area contributed by atoms with Crippen LogP contribution in [0.25, 0.3) is 0 Å². The van der Waals surface area contributed by atoms with Crippen LogP contribution in [0.2, 0.25) is 0 Å². The Kier molecular flexibility index (Phi) is 9.07. The summed E-state index contributed by atoms with van der Waals surface area (Å²) in [4.78, 5) is 0. The molecule has 5 unspecified atom stereocenters. The van der Waals surface area contributed by atoms with Crippen LogP contribution in [0.3, 0.4) is 0 Å². The second-order valence-corrected chi connectivity index (χ2v) is 10.3. The van der Waals surface area contributed by atoms with Gasteiger partial charge in [0.1, 0.15) is 30.5 Å². The van der Waals surface area contributed by atoms with Gasteiger partial charge in [0.05, 0.1) is 25.4 Å². The van der Waals surface area contributed by atoms with Crippen molar-refractivity contribution < 1.29 is 50.3 Å². The lowest BCUT2D eigenvalue weighted by molar-refractivity contribution is -0.289. The summed E-state index contributed by atoms with van der Waals surface area (Å²) in [7, 11) is 0. The van der Waals surface area contributed by atoms with Crippen molar-refractivity contribution in [2.75, 3.05) is 13.2 Å². The molecule has 0 bridgehead atoms. The summed E-state index contributed by atoms with van der Waals surface area (Å²) in [5, 5.41) is 79.2. The van der Waals surface area contributed by atoms with Crippen LogP contribution in [-0.4, -0.2) is 103 Å². The summed E-state index contributed by atoms with van der Waals surface area (Å²) in [6.45, 7) is 3.84. The van der Waals surface area contributed by atoms with Crippen LogP contribution in [0.4, 0.5) is 0 Å². The predicted octanol–water partition coefficient (Wildman–Crippen LogP) is -1.72. The second kappa shape index (κ2) is 11.3. The first-order valence-electron chi connectivity index (χ1n) is 11.6. The van der Waals surface area contributed by atoms with Crippen LogP contribution in [0, 0.1) is 17.3 Å². The van der Waals surface area contributed by atoms with E-state index < -0.39 is 60.4 Å². The van der Waals surface area contributed by atoms with Crippen molar-refractivity contribution in [3.8, 4) is 0 Å². The van der Waals surface area contributed by atoms with Crippen molar-refractivity contribution in [1.29, 1.82) is 0 Å². The molecule has 10 heteroatoms. The van der Waals surface area contributed by atoms with E-state index >= 15 is 0 Å². The smallest absolute Gasteiger partial charge is 0.184 e. The highest BCUT2D eigenvalue weighted by molar-refractivity contribution is 5.23. The van der Waals surface area contributed by atoms with Crippen molar-refractivity contribution in [2.24, 2.45) is 17.3 Å². The lowest BCUT2D eigenvalue weighted by Crippen LogP contribution is -2.58. The fourth-order valence-electron chi connectivity index (χ4n) is 5.06. The van der Waals surface area contributed by atoms with Crippen LogP contribution >= 0.6 is 0 Å². The third kappa shape index (κ3) is 5.96. The molecule has 2 aliphatic rings. The third-order valence-corrected chi connectivity index (χ3v) is 7.31. The Hall–Kier alpha value is -1.18. The van der Waals surface area contributed by atoms with E-state index in [1.54, 1.807) is 0 Å². The van der Waals surface area contributed by atoms with Gasteiger partial charge < -0.3 is 50.3 Å². The minimum atomic E-state index is -1.60. The molecule has 10 nitrogen and oxygen atoms in total. The van der Waals surface area contributed by atoms with E-state index in [4.69, 9.17) is 9.47 Å². The summed E-state index contributed by atoms with van der Waals surface area (Å²) in [6, 6.07) is 7.62. The minimum absolute atomic E-state index is 0.0867. The maximum atomic E-state index is 10.6. The Balaban J connectivity index is 1.54. The van der Waals surface area contributed by atoms with Crippen LogP contribution in [0.5, 0.6) is 0 Å². The molecule has 0 amide bonds. The molecule has 0 radical (unpaired) electrons. The van der Waals surface area contributed by atoms with Crippen molar-refractivity contribution in [3.05, 3.63) is 35.4 Å². The number of hydrogen-bond donors (Lipinski definition) is 8. The molecule has 3 rings (SSSR count). The molecular formula is C24H38O10. The van der Waals surface area contributed by atoms with E-state index in [9.17, 15) is 40.9 Å². The van der Waals surface area contributed by atoms with Gasteiger partial charge in [-0.15, -0.1) is 0 Å². The first kappa shape index (κ1) is 27.4. The van der Waals surface area contributed by atoms with E-state index in [0.717, 1.165) is 11.1 Å². The molecule has 1 aromatic rings. The van der Waals surface area contributed by atoms with Gasteiger partial charge in [-0.2, -0.15) is 0 Å². The SMILES string of the molecule is CC(C)(Cc1ccc(COCC2OC(O)C(O)[C@@H](O)[C@@H]2O)cc1)[C@H]1CC(CO)[C@@H](O)[C@H](O)C1O. The number of aliphatic hydroxyl groups excluding tert-OH is 8. The highest BCUT2D eigenvalue weighted by Gasteiger charge is 2.48. The molecule has 2 fully saturated rings. The van der Waals surface area contributed by atoms with Gasteiger partial charge in [-0.25, -0.2) is 0 Å². The zero-order valence-corrected chi connectivity index (χ0v) is 19.5. The fourth-order valence-corrected chi connectivity index (χ4v) is 5.06. The van der Waals surface area contributed by atoms with Gasteiger partial charge in [-0.05, 0) is 35.3 Å². The molecule has 1 aliphatic heterocycles. The number of aliphatic hydroxyl groups is 8. The van der Waals surface area contributed by atoms with E-state index in [1.807, 2.05) is 38.1 Å². The van der Waals surface area contributed by atoms with E-state index in [2.05, 4.69) is 0 Å². The molecular weight excluding hydrogens is 448 g/mol. The van der Waals surface area contributed by atoms with Crippen molar-refractivity contribution in [2.45, 2.75) is 82.3 Å². The summed E-state index contributed by atoms with van der Waals surface area (Å²) in [6.07, 6.45) is -9.60. The molecule has 34 heavy (non-hydrogen) atoms. The van der Waals surface area contributed by atoms with Gasteiger partial charge in [0.15, 0.2) is 6.29 Å². The minimum Gasteiger partial charge on any atom is -0.396 e. The van der Waals surface area contributed by atoms with Gasteiger partial charge in [0.25, 0.3) is 0 Å². The van der Waals surface area contributed by atoms with Gasteiger partial charge in [0.2, 0.25) is 0 Å². The monoisotopic (exact) mass is 486 g/mol. The summed E-state index contributed by atoms with van der Waals surface area (Å²) in [5.41, 5.74) is 1.45. The Morgan fingerprint density at radius 1 is 0.824 bits per heavy atom. The summed E-state index contributed by atoms with van der Waals surface area (Å²) in [5.74, 6) is -0.795. The van der Waals surface area contributed by atoms with E-state index in [1.165, 1.54) is 0 Å². The van der Waals surface area contributed by atoms with E-state index in [-0.39, 0.29) is 25.7 Å². The number of rotatable bonds is 8. The largest absolute Gasteiger partial charge is 0.396 e. The predicted molar refractivity (Wildman–Crippen MR) is 119 cm³/mol. The van der Waals surface area contributed by atoms with Crippen LogP contribution in [0.15, 0.2) is 24.3 Å². The molecule has 1 heterocycles. The first-order chi connectivity index (χ1) is 16.0. The Bertz CT molecular complexity index is 770. The van der Waals surface area contributed by atoms with Crippen LogP contribution in [-0.2, 0) is 22.5 Å². The highest BCUT2D eigenvalue weighted by atomic mass is 16.6. The maximum Gasteiger partial charge on any atom is 0.184 e. The van der Waals surface area contributed by atoms with Crippen LogP contribution in [0.1, 0.15) is 31.4 Å². The number of hydrogen-bond acceptors (Lipinski definition) is 10. The van der Waals surface area contributed by atoms with Gasteiger partial charge in [-0.1, -0.05) is 38.1 Å². The average Bonchev–Trinajstić information content (AvgIpc) is 2.80. The molecule has 8 N–H and O–H groups in total. The van der Waals surface area contributed by atoms with Gasteiger partial charge >= 0.3 is 0 Å². The molecule has 194 valence electrons. The third-order valence-electron chi connectivity index (χ3n) is 7.31. The fraction of sp³-hybridized carbons (Fsp3) is 0.750. The number of ether oxygens (including phenoxy) is 2. The Morgan fingerprint density at radius 2 is 1.41 bits per heavy atom. The van der Waals surface area contributed by atoms with E-state index in [0.29, 0.717) is 12.8 Å². The standard InChI is InChI=1S/C24H38O10/c1-24(2,15-7-14(9-25)17(26)20(29)18(15)27)8-12-3-5-13(6-4-12)10-33-11-16-19(28)21(30)22(31)23(32)34-16/h3-6,14-23,25-32H,7-11H2,1-2H3/t14?,15-,16?,17+,18?,19+,20-,21-,22?,23?/m0/s1. The highest BCUT2D eigenvalue weighted by Crippen LogP contribution is 2.43. The quantitative estimate of drug-likeness (QED) is 0.211. The number of benzene rings is 1. The Morgan fingerprint density at radius 3 is 2.03 bits per heavy atom. The summed E-state index contributed by atoms with van der Waals surface area (Å²) >= 11 is 0. The zero-order chi connectivity index (χ0) is 25.2. The maximum absolute atomic E-state index is 10.6. The van der Waals surface area contributed by atoms with Gasteiger partial charge in [-0.3, -0.25) is 0 Å². The van der Waals surface area contributed by atoms with Crippen molar-refractivity contribution >= 4 is 0 Å². The van der Waals surface area contributed by atoms with Crippen LogP contribution < -0.4 is 0 Å². The first-order valence-corrected chi connectivity index (χ1v) is 11.6. The molecule has 1 saturated carbocycles. The Labute approximate surface area is 199 Å². The second-order valence-electron chi connectivity index (χ2n) is 10.3. The molecule has 0 spiro atoms. The molecule has 1 aromatic carbocycles. The average molecular weight is 487 g/mol. The zero-order valence-electron chi connectivity index (χ0n) is 19.5. The molecule has 1 aliphatic carbocycles. The van der Waals surface area contributed by atoms with Gasteiger partial charge in [0, 0.05) is 12.5 Å². The molecule has 0 aromatic heterocycles.